The molecule has 2 aromatic heterocycles. The highest BCUT2D eigenvalue weighted by molar-refractivity contribution is 5.91. The van der Waals surface area contributed by atoms with Gasteiger partial charge in [-0.3, -0.25) is 9.48 Å². The first-order chi connectivity index (χ1) is 14.8. The number of anilines is 1. The van der Waals surface area contributed by atoms with E-state index in [1.54, 1.807) is 6.20 Å². The van der Waals surface area contributed by atoms with Crippen LogP contribution >= 0.6 is 0 Å². The van der Waals surface area contributed by atoms with Gasteiger partial charge < -0.3 is 14.5 Å². The monoisotopic (exact) mass is 401 g/mol. The summed E-state index contributed by atoms with van der Waals surface area (Å²) in [6.45, 7) is 1.17. The van der Waals surface area contributed by atoms with E-state index in [-0.39, 0.29) is 5.91 Å². The molecule has 1 amide bonds. The summed E-state index contributed by atoms with van der Waals surface area (Å²) in [7, 11) is 0. The Morgan fingerprint density at radius 3 is 2.77 bits per heavy atom. The minimum Gasteiger partial charge on any atom is -0.492 e. The van der Waals surface area contributed by atoms with Crippen LogP contribution in [-0.2, 0) is 17.8 Å². The zero-order valence-corrected chi connectivity index (χ0v) is 16.5. The van der Waals surface area contributed by atoms with Crippen LogP contribution in [0.3, 0.4) is 0 Å². The molecule has 1 N–H and O–H groups in total. The van der Waals surface area contributed by atoms with Crippen molar-refractivity contribution in [2.24, 2.45) is 0 Å². The van der Waals surface area contributed by atoms with Gasteiger partial charge in [0.15, 0.2) is 0 Å². The summed E-state index contributed by atoms with van der Waals surface area (Å²) in [6, 6.07) is 23.0. The molecule has 0 saturated carbocycles. The third kappa shape index (κ3) is 5.38. The maximum Gasteiger partial charge on any atom is 0.224 e. The van der Waals surface area contributed by atoms with Gasteiger partial charge in [0.05, 0.1) is 6.54 Å². The number of amides is 1. The predicted octanol–water partition coefficient (Wildman–Crippen LogP) is 4.79. The van der Waals surface area contributed by atoms with E-state index in [9.17, 15) is 4.79 Å². The molecule has 0 aliphatic heterocycles. The number of aromatic nitrogens is 2. The lowest BCUT2D eigenvalue weighted by Gasteiger charge is -2.09. The zero-order valence-electron chi connectivity index (χ0n) is 16.5. The molecule has 6 nitrogen and oxygen atoms in total. The lowest BCUT2D eigenvalue weighted by atomic mass is 10.2. The molecular weight excluding hydrogens is 378 g/mol. The normalized spacial score (nSPS) is 10.7. The average molecular weight is 401 g/mol. The van der Waals surface area contributed by atoms with Gasteiger partial charge in [0, 0.05) is 42.6 Å². The Kier molecular flexibility index (Phi) is 6.25. The van der Waals surface area contributed by atoms with Crippen LogP contribution in [0.5, 0.6) is 5.75 Å². The third-order valence-corrected chi connectivity index (χ3v) is 4.58. The van der Waals surface area contributed by atoms with Crippen LogP contribution < -0.4 is 10.1 Å². The number of nitrogens with one attached hydrogen (secondary N) is 1. The SMILES string of the molecule is O=C(CCc1ccc(-c2ccccc2)o1)Nc1cccc(OCCn2cccn2)c1. The van der Waals surface area contributed by atoms with E-state index in [1.807, 2.05) is 83.7 Å². The van der Waals surface area contributed by atoms with Gasteiger partial charge in [0.2, 0.25) is 5.91 Å². The van der Waals surface area contributed by atoms with E-state index in [4.69, 9.17) is 9.15 Å². The molecule has 0 atom stereocenters. The number of furan rings is 1. The second kappa shape index (κ2) is 9.60. The number of hydrogen-bond donors (Lipinski definition) is 1. The molecule has 0 fully saturated rings. The number of nitrogens with zero attached hydrogens (tertiary/aromatic N) is 2. The van der Waals surface area contributed by atoms with Gasteiger partial charge in [-0.05, 0) is 30.3 Å². The first kappa shape index (κ1) is 19.5. The lowest BCUT2D eigenvalue weighted by Crippen LogP contribution is -2.12. The molecule has 2 heterocycles. The highest BCUT2D eigenvalue weighted by atomic mass is 16.5. The van der Waals surface area contributed by atoms with Crippen molar-refractivity contribution in [3.63, 3.8) is 0 Å². The first-order valence-corrected chi connectivity index (χ1v) is 9.90. The molecule has 2 aromatic carbocycles. The van der Waals surface area contributed by atoms with Crippen molar-refractivity contribution in [3.8, 4) is 17.1 Å². The molecule has 0 bridgehead atoms. The standard InChI is InChI=1S/C24H23N3O3/c28-24(13-11-21-10-12-23(30-21)19-6-2-1-3-7-19)26-20-8-4-9-22(18-20)29-17-16-27-15-5-14-25-27/h1-10,12,14-15,18H,11,13,16-17H2,(H,26,28). The van der Waals surface area contributed by atoms with Gasteiger partial charge >= 0.3 is 0 Å². The number of rotatable bonds is 9. The number of hydrogen-bond acceptors (Lipinski definition) is 4. The van der Waals surface area contributed by atoms with E-state index < -0.39 is 0 Å². The Morgan fingerprint density at radius 1 is 1.03 bits per heavy atom. The maximum absolute atomic E-state index is 12.3. The van der Waals surface area contributed by atoms with Gasteiger partial charge in [0.25, 0.3) is 0 Å². The van der Waals surface area contributed by atoms with Crippen molar-refractivity contribution in [2.45, 2.75) is 19.4 Å². The summed E-state index contributed by atoms with van der Waals surface area (Å²) in [4.78, 5) is 12.3. The molecule has 0 aliphatic rings. The third-order valence-electron chi connectivity index (χ3n) is 4.58. The molecule has 4 aromatic rings. The minimum atomic E-state index is -0.0682. The molecule has 30 heavy (non-hydrogen) atoms. The fourth-order valence-electron chi connectivity index (χ4n) is 3.08. The number of benzene rings is 2. The Morgan fingerprint density at radius 2 is 1.93 bits per heavy atom. The second-order valence-corrected chi connectivity index (χ2v) is 6.83. The zero-order chi connectivity index (χ0) is 20.6. The predicted molar refractivity (Wildman–Crippen MR) is 115 cm³/mol. The molecule has 0 radical (unpaired) electrons. The van der Waals surface area contributed by atoms with Gasteiger partial charge in [0.1, 0.15) is 23.9 Å². The van der Waals surface area contributed by atoms with Gasteiger partial charge in [-0.25, -0.2) is 0 Å². The van der Waals surface area contributed by atoms with Crippen LogP contribution in [0.15, 0.2) is 89.6 Å². The summed E-state index contributed by atoms with van der Waals surface area (Å²) in [5.41, 5.74) is 1.73. The van der Waals surface area contributed by atoms with Gasteiger partial charge in [-0.15, -0.1) is 0 Å². The van der Waals surface area contributed by atoms with Crippen molar-refractivity contribution >= 4 is 11.6 Å². The van der Waals surface area contributed by atoms with Crippen LogP contribution in [0.4, 0.5) is 5.69 Å². The van der Waals surface area contributed by atoms with E-state index in [0.29, 0.717) is 37.4 Å². The van der Waals surface area contributed by atoms with E-state index in [1.165, 1.54) is 0 Å². The second-order valence-electron chi connectivity index (χ2n) is 6.83. The highest BCUT2D eigenvalue weighted by Gasteiger charge is 2.08. The van der Waals surface area contributed by atoms with E-state index >= 15 is 0 Å². The van der Waals surface area contributed by atoms with E-state index in [2.05, 4.69) is 10.4 Å². The smallest absolute Gasteiger partial charge is 0.224 e. The molecule has 0 aliphatic carbocycles. The number of aryl methyl sites for hydroxylation is 1. The Labute approximate surface area is 175 Å². The van der Waals surface area contributed by atoms with Crippen LogP contribution in [0.1, 0.15) is 12.2 Å². The summed E-state index contributed by atoms with van der Waals surface area (Å²) in [6.07, 6.45) is 4.51. The van der Waals surface area contributed by atoms with Crippen molar-refractivity contribution < 1.29 is 13.9 Å². The summed E-state index contributed by atoms with van der Waals surface area (Å²) >= 11 is 0. The quantitative estimate of drug-likeness (QED) is 0.438. The lowest BCUT2D eigenvalue weighted by molar-refractivity contribution is -0.116. The number of carbonyl (C=O) groups excluding carboxylic acids is 1. The topological polar surface area (TPSA) is 69.3 Å². The minimum absolute atomic E-state index is 0.0682. The summed E-state index contributed by atoms with van der Waals surface area (Å²) in [5, 5.41) is 7.06. The molecule has 0 unspecified atom stereocenters. The van der Waals surface area contributed by atoms with Crippen molar-refractivity contribution in [2.75, 3.05) is 11.9 Å². The van der Waals surface area contributed by atoms with Crippen LogP contribution in [0, 0.1) is 0 Å². The first-order valence-electron chi connectivity index (χ1n) is 9.90. The molecule has 6 heteroatoms. The van der Waals surface area contributed by atoms with Crippen LogP contribution in [-0.4, -0.2) is 22.3 Å². The molecule has 0 saturated heterocycles. The largest absolute Gasteiger partial charge is 0.492 e. The summed E-state index contributed by atoms with van der Waals surface area (Å²) < 4.78 is 13.4. The summed E-state index contributed by atoms with van der Waals surface area (Å²) in [5.74, 6) is 2.24. The van der Waals surface area contributed by atoms with Gasteiger partial charge in [-0.2, -0.15) is 5.10 Å². The maximum atomic E-state index is 12.3. The number of carbonyl (C=O) groups is 1. The van der Waals surface area contributed by atoms with Crippen molar-refractivity contribution in [1.82, 2.24) is 9.78 Å². The van der Waals surface area contributed by atoms with Crippen molar-refractivity contribution in [3.05, 3.63) is 91.0 Å². The fraction of sp³-hybridized carbons (Fsp3) is 0.167. The van der Waals surface area contributed by atoms with Crippen molar-refractivity contribution in [1.29, 1.82) is 0 Å². The Hall–Kier alpha value is -3.80. The highest BCUT2D eigenvalue weighted by Crippen LogP contribution is 2.23. The molecular formula is C24H23N3O3. The number of ether oxygens (including phenoxy) is 1. The average Bonchev–Trinajstić information content (AvgIpc) is 3.46. The van der Waals surface area contributed by atoms with Gasteiger partial charge in [-0.1, -0.05) is 36.4 Å². The Balaban J connectivity index is 1.25. The fourth-order valence-corrected chi connectivity index (χ4v) is 3.08. The molecule has 4 rings (SSSR count). The van der Waals surface area contributed by atoms with E-state index in [0.717, 1.165) is 17.1 Å². The van der Waals surface area contributed by atoms with Crippen LogP contribution in [0.2, 0.25) is 0 Å². The molecule has 0 spiro atoms. The molecule has 152 valence electrons. The van der Waals surface area contributed by atoms with Crippen LogP contribution in [0.25, 0.3) is 11.3 Å². The Bertz CT molecular complexity index is 1070.